The standard InChI is InChI=1S/C18H27N3O4S/c1-4-5-14(26-17-19-13(2)12-15(22)20(17)3)16(23)21-8-6-18(7-9-21)24-10-11-25-18/h12,14H,4-11H2,1-3H3. The number of likely N-dealkylation sites (tertiary alicyclic amines) is 1. The van der Waals surface area contributed by atoms with Crippen molar-refractivity contribution in [2.45, 2.75) is 55.7 Å². The Morgan fingerprint density at radius 2 is 2.00 bits per heavy atom. The normalized spacial score (nSPS) is 20.5. The quantitative estimate of drug-likeness (QED) is 0.571. The molecule has 26 heavy (non-hydrogen) atoms. The molecular weight excluding hydrogens is 354 g/mol. The predicted octanol–water partition coefficient (Wildman–Crippen LogP) is 1.72. The highest BCUT2D eigenvalue weighted by Crippen LogP contribution is 2.33. The zero-order chi connectivity index (χ0) is 18.7. The molecule has 0 aliphatic carbocycles. The van der Waals surface area contributed by atoms with Gasteiger partial charge in [-0.1, -0.05) is 25.1 Å². The van der Waals surface area contributed by atoms with Gasteiger partial charge in [-0.05, 0) is 13.3 Å². The third-order valence-corrected chi connectivity index (χ3v) is 6.24. The van der Waals surface area contributed by atoms with Gasteiger partial charge in [0.15, 0.2) is 10.9 Å². The van der Waals surface area contributed by atoms with E-state index < -0.39 is 5.79 Å². The molecule has 1 unspecified atom stereocenters. The molecule has 1 atom stereocenters. The highest BCUT2D eigenvalue weighted by molar-refractivity contribution is 8.00. The maximum Gasteiger partial charge on any atom is 0.254 e. The van der Waals surface area contributed by atoms with Gasteiger partial charge >= 0.3 is 0 Å². The lowest BCUT2D eigenvalue weighted by Crippen LogP contribution is -2.49. The van der Waals surface area contributed by atoms with Crippen LogP contribution in [0.1, 0.15) is 38.3 Å². The van der Waals surface area contributed by atoms with E-state index in [2.05, 4.69) is 11.9 Å². The van der Waals surface area contributed by atoms with Gasteiger partial charge in [0, 0.05) is 44.7 Å². The minimum atomic E-state index is -0.480. The molecule has 1 aromatic rings. The summed E-state index contributed by atoms with van der Waals surface area (Å²) in [5, 5.41) is 0.358. The minimum absolute atomic E-state index is 0.0989. The molecule has 3 heterocycles. The molecule has 0 N–H and O–H groups in total. The second kappa shape index (κ2) is 8.10. The Morgan fingerprint density at radius 1 is 1.35 bits per heavy atom. The fourth-order valence-electron chi connectivity index (χ4n) is 3.41. The third kappa shape index (κ3) is 4.13. The summed E-state index contributed by atoms with van der Waals surface area (Å²) in [5.74, 6) is -0.368. The van der Waals surface area contributed by atoms with Gasteiger partial charge in [-0.3, -0.25) is 14.2 Å². The molecule has 144 valence electrons. The lowest BCUT2D eigenvalue weighted by molar-refractivity contribution is -0.187. The number of thioether (sulfide) groups is 1. The van der Waals surface area contributed by atoms with Crippen molar-refractivity contribution < 1.29 is 14.3 Å². The van der Waals surface area contributed by atoms with Gasteiger partial charge in [0.2, 0.25) is 5.91 Å². The monoisotopic (exact) mass is 381 g/mol. The average Bonchev–Trinajstić information content (AvgIpc) is 3.07. The smallest absolute Gasteiger partial charge is 0.254 e. The van der Waals surface area contributed by atoms with Crippen LogP contribution in [0.3, 0.4) is 0 Å². The van der Waals surface area contributed by atoms with Crippen molar-refractivity contribution in [3.63, 3.8) is 0 Å². The number of ether oxygens (including phenoxy) is 2. The third-order valence-electron chi connectivity index (χ3n) is 4.95. The first kappa shape index (κ1) is 19.4. The van der Waals surface area contributed by atoms with Crippen LogP contribution in [0.2, 0.25) is 0 Å². The lowest BCUT2D eigenvalue weighted by atomic mass is 10.0. The number of aromatic nitrogens is 2. The first-order valence-electron chi connectivity index (χ1n) is 9.22. The predicted molar refractivity (Wildman–Crippen MR) is 99.2 cm³/mol. The second-order valence-electron chi connectivity index (χ2n) is 6.91. The van der Waals surface area contributed by atoms with Gasteiger partial charge in [0.05, 0.1) is 18.5 Å². The van der Waals surface area contributed by atoms with Crippen LogP contribution in [-0.4, -0.2) is 57.7 Å². The van der Waals surface area contributed by atoms with Gasteiger partial charge in [-0.2, -0.15) is 0 Å². The van der Waals surface area contributed by atoms with Crippen LogP contribution in [0.4, 0.5) is 0 Å². The second-order valence-corrected chi connectivity index (χ2v) is 8.08. The van der Waals surface area contributed by atoms with Crippen LogP contribution in [0.15, 0.2) is 16.0 Å². The summed E-state index contributed by atoms with van der Waals surface area (Å²) >= 11 is 1.39. The molecule has 8 heteroatoms. The van der Waals surface area contributed by atoms with Crippen molar-refractivity contribution >= 4 is 17.7 Å². The van der Waals surface area contributed by atoms with E-state index in [0.29, 0.717) is 50.0 Å². The van der Waals surface area contributed by atoms with E-state index in [-0.39, 0.29) is 16.7 Å². The van der Waals surface area contributed by atoms with E-state index in [1.807, 2.05) is 4.90 Å². The number of hydrogen-bond donors (Lipinski definition) is 0. The number of carbonyl (C=O) groups is 1. The molecule has 0 aromatic carbocycles. The Bertz CT molecular complexity index is 705. The highest BCUT2D eigenvalue weighted by Gasteiger charge is 2.41. The molecule has 2 aliphatic heterocycles. The molecule has 2 saturated heterocycles. The summed E-state index contributed by atoms with van der Waals surface area (Å²) in [6.45, 7) is 6.41. The summed E-state index contributed by atoms with van der Waals surface area (Å²) in [7, 11) is 1.70. The Labute approximate surface area is 158 Å². The van der Waals surface area contributed by atoms with Crippen LogP contribution in [-0.2, 0) is 21.3 Å². The Balaban J connectivity index is 1.70. The summed E-state index contributed by atoms with van der Waals surface area (Å²) < 4.78 is 13.0. The van der Waals surface area contributed by atoms with E-state index in [1.54, 1.807) is 14.0 Å². The van der Waals surface area contributed by atoms with E-state index in [4.69, 9.17) is 9.47 Å². The van der Waals surface area contributed by atoms with E-state index in [0.717, 1.165) is 12.8 Å². The van der Waals surface area contributed by atoms with Gasteiger partial charge < -0.3 is 14.4 Å². The summed E-state index contributed by atoms with van der Waals surface area (Å²) in [5.41, 5.74) is 0.576. The molecule has 2 fully saturated rings. The van der Waals surface area contributed by atoms with E-state index in [9.17, 15) is 9.59 Å². The summed E-state index contributed by atoms with van der Waals surface area (Å²) in [6, 6.07) is 1.51. The molecule has 0 radical (unpaired) electrons. The van der Waals surface area contributed by atoms with Gasteiger partial charge in [0.1, 0.15) is 0 Å². The molecule has 1 amide bonds. The molecule has 1 spiro atoms. The fraction of sp³-hybridized carbons (Fsp3) is 0.722. The zero-order valence-electron chi connectivity index (χ0n) is 15.7. The molecule has 0 bridgehead atoms. The van der Waals surface area contributed by atoms with Crippen molar-refractivity contribution in [2.24, 2.45) is 7.05 Å². The number of amides is 1. The Morgan fingerprint density at radius 3 is 2.62 bits per heavy atom. The molecule has 0 saturated carbocycles. The summed E-state index contributed by atoms with van der Waals surface area (Å²) in [4.78, 5) is 31.4. The zero-order valence-corrected chi connectivity index (χ0v) is 16.5. The highest BCUT2D eigenvalue weighted by atomic mass is 32.2. The van der Waals surface area contributed by atoms with E-state index in [1.165, 1.54) is 22.4 Å². The van der Waals surface area contributed by atoms with Gasteiger partial charge in [0.25, 0.3) is 5.56 Å². The maximum absolute atomic E-state index is 13.1. The van der Waals surface area contributed by atoms with Crippen molar-refractivity contribution in [3.05, 3.63) is 22.1 Å². The first-order chi connectivity index (χ1) is 12.4. The molecule has 7 nitrogen and oxygen atoms in total. The topological polar surface area (TPSA) is 73.7 Å². The number of aryl methyl sites for hydroxylation is 1. The molecule has 1 aromatic heterocycles. The Kier molecular flexibility index (Phi) is 6.04. The van der Waals surface area contributed by atoms with Crippen LogP contribution in [0.25, 0.3) is 0 Å². The van der Waals surface area contributed by atoms with Gasteiger partial charge in [-0.15, -0.1) is 0 Å². The minimum Gasteiger partial charge on any atom is -0.347 e. The number of nitrogens with zero attached hydrogens (tertiary/aromatic N) is 3. The SMILES string of the molecule is CCCC(Sc1nc(C)cc(=O)n1C)C(=O)N1CCC2(CC1)OCCO2. The van der Waals surface area contributed by atoms with Crippen molar-refractivity contribution in [1.29, 1.82) is 0 Å². The van der Waals surface area contributed by atoms with Crippen molar-refractivity contribution in [1.82, 2.24) is 14.5 Å². The number of hydrogen-bond acceptors (Lipinski definition) is 6. The fourth-order valence-corrected chi connectivity index (χ4v) is 4.72. The molecule has 2 aliphatic rings. The lowest BCUT2D eigenvalue weighted by Gasteiger charge is -2.38. The maximum atomic E-state index is 13.1. The number of piperidine rings is 1. The van der Waals surface area contributed by atoms with Gasteiger partial charge in [-0.25, -0.2) is 4.98 Å². The molecule has 3 rings (SSSR count). The van der Waals surface area contributed by atoms with Crippen LogP contribution in [0.5, 0.6) is 0 Å². The molecular formula is C18H27N3O4S. The Hall–Kier alpha value is -1.38. The van der Waals surface area contributed by atoms with Crippen molar-refractivity contribution in [3.8, 4) is 0 Å². The van der Waals surface area contributed by atoms with E-state index >= 15 is 0 Å². The van der Waals surface area contributed by atoms with Crippen LogP contribution in [0, 0.1) is 6.92 Å². The number of carbonyl (C=O) groups excluding carboxylic acids is 1. The van der Waals surface area contributed by atoms with Crippen LogP contribution >= 0.6 is 11.8 Å². The average molecular weight is 381 g/mol. The summed E-state index contributed by atoms with van der Waals surface area (Å²) in [6.07, 6.45) is 3.07. The first-order valence-corrected chi connectivity index (χ1v) is 10.1. The van der Waals surface area contributed by atoms with Crippen LogP contribution < -0.4 is 5.56 Å². The van der Waals surface area contributed by atoms with Crippen molar-refractivity contribution in [2.75, 3.05) is 26.3 Å². The number of rotatable bonds is 5. The largest absolute Gasteiger partial charge is 0.347 e.